The third kappa shape index (κ3) is 8.27. The van der Waals surface area contributed by atoms with Crippen LogP contribution in [0.5, 0.6) is 0 Å². The van der Waals surface area contributed by atoms with Gasteiger partial charge in [0.2, 0.25) is 0 Å². The van der Waals surface area contributed by atoms with Crippen LogP contribution in [0.25, 0.3) is 0 Å². The standard InChI is InChI=1S/C22H21ClF6N8O3/c23-13-3-1-12(2-4-13)18(30)36(9-16(38)22(27,28)29)20(40)32-8-17-34-11-37(35-17)15-7-31-6-5-14(15)19(39)33-10-21(24,25)26/h1-7,11,16-17,30,35,38H,8-10H2,(H,32,40)(H,33,39)/t16-,17?/m0/s1. The number of halogens is 7. The van der Waals surface area contributed by atoms with Gasteiger partial charge in [-0.15, -0.1) is 0 Å². The number of aliphatic hydroxyl groups is 1. The fourth-order valence-electron chi connectivity index (χ4n) is 3.25. The molecule has 1 aliphatic heterocycles. The fraction of sp³-hybridized carbons (Fsp3) is 0.318. The Hall–Kier alpha value is -3.96. The first-order chi connectivity index (χ1) is 18.7. The van der Waals surface area contributed by atoms with Gasteiger partial charge in [-0.05, 0) is 30.3 Å². The van der Waals surface area contributed by atoms with Gasteiger partial charge >= 0.3 is 18.4 Å². The molecule has 2 atom stereocenters. The maximum absolute atomic E-state index is 13.0. The number of hydrogen-bond donors (Lipinski definition) is 5. The van der Waals surface area contributed by atoms with E-state index in [1.807, 2.05) is 0 Å². The minimum absolute atomic E-state index is 0.0270. The van der Waals surface area contributed by atoms with Crippen LogP contribution in [0, 0.1) is 5.41 Å². The van der Waals surface area contributed by atoms with Crippen molar-refractivity contribution in [3.63, 3.8) is 0 Å². The molecule has 2 aromatic rings. The molecule has 0 saturated heterocycles. The number of aliphatic imine (C=N–C) groups is 1. The number of aromatic nitrogens is 1. The zero-order chi connectivity index (χ0) is 29.7. The van der Waals surface area contributed by atoms with Crippen LogP contribution in [0.1, 0.15) is 15.9 Å². The number of amides is 3. The van der Waals surface area contributed by atoms with E-state index in [9.17, 15) is 41.0 Å². The van der Waals surface area contributed by atoms with Crippen LogP contribution >= 0.6 is 11.6 Å². The molecule has 0 radical (unpaired) electrons. The van der Waals surface area contributed by atoms with Crippen molar-refractivity contribution in [1.82, 2.24) is 25.9 Å². The van der Waals surface area contributed by atoms with Crippen LogP contribution in [0.3, 0.4) is 0 Å². The maximum Gasteiger partial charge on any atom is 0.416 e. The molecule has 0 aliphatic carbocycles. The lowest BCUT2D eigenvalue weighted by atomic mass is 10.2. The highest BCUT2D eigenvalue weighted by atomic mass is 35.5. The molecular weight excluding hydrogens is 574 g/mol. The Morgan fingerprint density at radius 2 is 1.82 bits per heavy atom. The topological polar surface area (TPSA) is 146 Å². The predicted octanol–water partition coefficient (Wildman–Crippen LogP) is 2.67. The summed E-state index contributed by atoms with van der Waals surface area (Å²) in [6.45, 7) is -3.18. The quantitative estimate of drug-likeness (QED) is 0.180. The Morgan fingerprint density at radius 1 is 1.15 bits per heavy atom. The van der Waals surface area contributed by atoms with Crippen LogP contribution in [0.2, 0.25) is 5.02 Å². The summed E-state index contributed by atoms with van der Waals surface area (Å²) in [4.78, 5) is 33.4. The fourth-order valence-corrected chi connectivity index (χ4v) is 3.37. The molecule has 1 unspecified atom stereocenters. The molecule has 0 bridgehead atoms. The number of carbonyl (C=O) groups is 2. The van der Waals surface area contributed by atoms with E-state index in [1.165, 1.54) is 42.7 Å². The molecule has 1 aliphatic rings. The number of carbonyl (C=O) groups excluding carboxylic acids is 2. The smallest absolute Gasteiger partial charge is 0.382 e. The minimum atomic E-state index is -5.07. The van der Waals surface area contributed by atoms with Crippen LogP contribution in [-0.2, 0) is 0 Å². The zero-order valence-electron chi connectivity index (χ0n) is 20.1. The summed E-state index contributed by atoms with van der Waals surface area (Å²) in [7, 11) is 0. The van der Waals surface area contributed by atoms with Gasteiger partial charge in [0.25, 0.3) is 5.91 Å². The van der Waals surface area contributed by atoms with Gasteiger partial charge < -0.3 is 15.7 Å². The largest absolute Gasteiger partial charge is 0.416 e. The lowest BCUT2D eigenvalue weighted by Gasteiger charge is -2.27. The molecule has 40 heavy (non-hydrogen) atoms. The molecule has 18 heteroatoms. The SMILES string of the molecule is N=C(c1ccc(Cl)cc1)N(C[C@H](O)C(F)(F)F)C(=O)NCC1N=CN(c2cnccc2C(=O)NCC(F)(F)F)N1. The third-order valence-corrected chi connectivity index (χ3v) is 5.47. The number of anilines is 1. The lowest BCUT2D eigenvalue weighted by Crippen LogP contribution is -2.52. The van der Waals surface area contributed by atoms with Gasteiger partial charge in [0, 0.05) is 16.8 Å². The summed E-state index contributed by atoms with van der Waals surface area (Å²) in [5.41, 5.74) is 2.64. The van der Waals surface area contributed by atoms with Crippen molar-refractivity contribution in [3.05, 3.63) is 58.9 Å². The number of rotatable bonds is 8. The Kier molecular flexibility index (Phi) is 9.54. The molecule has 11 nitrogen and oxygen atoms in total. The van der Waals surface area contributed by atoms with Crippen molar-refractivity contribution < 1.29 is 41.0 Å². The van der Waals surface area contributed by atoms with Gasteiger partial charge in [0.15, 0.2) is 6.10 Å². The normalized spacial score (nSPS) is 16.0. The number of alkyl halides is 6. The van der Waals surface area contributed by atoms with Crippen molar-refractivity contribution in [2.75, 3.05) is 24.6 Å². The van der Waals surface area contributed by atoms with Gasteiger partial charge in [-0.25, -0.2) is 10.2 Å². The van der Waals surface area contributed by atoms with Crippen molar-refractivity contribution in [2.24, 2.45) is 4.99 Å². The molecule has 3 rings (SSSR count). The molecule has 216 valence electrons. The van der Waals surface area contributed by atoms with Crippen molar-refractivity contribution in [2.45, 2.75) is 24.6 Å². The Bertz CT molecular complexity index is 1260. The van der Waals surface area contributed by atoms with Crippen LogP contribution in [0.4, 0.5) is 36.8 Å². The second-order valence-corrected chi connectivity index (χ2v) is 8.62. The summed E-state index contributed by atoms with van der Waals surface area (Å²) in [6, 6.07) is 5.36. The van der Waals surface area contributed by atoms with E-state index in [2.05, 4.69) is 20.7 Å². The van der Waals surface area contributed by atoms with E-state index < -0.39 is 55.5 Å². The molecule has 5 N–H and O–H groups in total. The number of amidine groups is 1. The van der Waals surface area contributed by atoms with E-state index in [4.69, 9.17) is 17.0 Å². The number of urea groups is 1. The highest BCUT2D eigenvalue weighted by Crippen LogP contribution is 2.22. The number of hydrazine groups is 1. The number of nitrogens with zero attached hydrogens (tertiary/aromatic N) is 4. The van der Waals surface area contributed by atoms with E-state index in [-0.39, 0.29) is 28.4 Å². The molecule has 3 amide bonds. The highest BCUT2D eigenvalue weighted by molar-refractivity contribution is 6.30. The number of aliphatic hydroxyl groups excluding tert-OH is 1. The average molecular weight is 595 g/mol. The number of pyridine rings is 1. The van der Waals surface area contributed by atoms with Crippen LogP contribution < -0.4 is 21.1 Å². The first-order valence-electron chi connectivity index (χ1n) is 11.2. The highest BCUT2D eigenvalue weighted by Gasteiger charge is 2.41. The second-order valence-electron chi connectivity index (χ2n) is 8.18. The first-order valence-corrected chi connectivity index (χ1v) is 11.6. The molecule has 2 heterocycles. The third-order valence-electron chi connectivity index (χ3n) is 5.22. The van der Waals surface area contributed by atoms with Gasteiger partial charge in [-0.3, -0.25) is 30.1 Å². The van der Waals surface area contributed by atoms with Gasteiger partial charge in [0.05, 0.1) is 30.5 Å². The minimum Gasteiger partial charge on any atom is -0.382 e. The Morgan fingerprint density at radius 3 is 2.45 bits per heavy atom. The molecule has 0 spiro atoms. The lowest BCUT2D eigenvalue weighted by molar-refractivity contribution is -0.204. The Balaban J connectivity index is 1.67. The predicted molar refractivity (Wildman–Crippen MR) is 131 cm³/mol. The van der Waals surface area contributed by atoms with Crippen LogP contribution in [-0.4, -0.2) is 83.4 Å². The summed E-state index contributed by atoms with van der Waals surface area (Å²) in [5, 5.41) is 23.3. The number of benzene rings is 1. The zero-order valence-corrected chi connectivity index (χ0v) is 20.8. The summed E-state index contributed by atoms with van der Waals surface area (Å²) < 4.78 is 76.5. The molecule has 1 aromatic carbocycles. The van der Waals surface area contributed by atoms with E-state index >= 15 is 0 Å². The summed E-state index contributed by atoms with van der Waals surface area (Å²) in [5.74, 6) is -1.69. The van der Waals surface area contributed by atoms with Crippen molar-refractivity contribution >= 4 is 41.4 Å². The first kappa shape index (κ1) is 30.6. The molecular formula is C22H21ClF6N8O3. The van der Waals surface area contributed by atoms with Gasteiger partial charge in [-0.1, -0.05) is 11.6 Å². The monoisotopic (exact) mass is 594 g/mol. The number of nitrogens with one attached hydrogen (secondary N) is 4. The van der Waals surface area contributed by atoms with Gasteiger partial charge in [0.1, 0.15) is 24.9 Å². The molecule has 0 fully saturated rings. The van der Waals surface area contributed by atoms with E-state index in [0.29, 0.717) is 4.90 Å². The maximum atomic E-state index is 13.0. The molecule has 1 aromatic heterocycles. The van der Waals surface area contributed by atoms with Crippen LogP contribution in [0.15, 0.2) is 47.7 Å². The van der Waals surface area contributed by atoms with E-state index in [0.717, 1.165) is 11.3 Å². The summed E-state index contributed by atoms with van der Waals surface area (Å²) >= 11 is 5.79. The average Bonchev–Trinajstić information content (AvgIpc) is 3.37. The second kappa shape index (κ2) is 12.5. The Labute approximate surface area is 227 Å². The number of hydrogen-bond acceptors (Lipinski definition) is 8. The summed E-state index contributed by atoms with van der Waals surface area (Å²) in [6.07, 6.45) is -10.1. The van der Waals surface area contributed by atoms with Gasteiger partial charge in [-0.2, -0.15) is 26.3 Å². The van der Waals surface area contributed by atoms with Crippen molar-refractivity contribution in [3.8, 4) is 0 Å². The van der Waals surface area contributed by atoms with Crippen molar-refractivity contribution in [1.29, 1.82) is 5.41 Å². The van der Waals surface area contributed by atoms with E-state index in [1.54, 1.807) is 5.32 Å². The molecule has 0 saturated carbocycles.